The summed E-state index contributed by atoms with van der Waals surface area (Å²) in [5.41, 5.74) is 2.33. The molecule has 0 aromatic heterocycles. The zero-order valence-corrected chi connectivity index (χ0v) is 10.6. The van der Waals surface area contributed by atoms with Gasteiger partial charge in [-0.3, -0.25) is 0 Å². The van der Waals surface area contributed by atoms with Crippen LogP contribution in [0.15, 0.2) is 24.3 Å². The second-order valence-electron chi connectivity index (χ2n) is 4.33. The Morgan fingerprint density at radius 2 is 1.69 bits per heavy atom. The highest BCUT2D eigenvalue weighted by atomic mass is 16.3. The van der Waals surface area contributed by atoms with Gasteiger partial charge in [0.15, 0.2) is 0 Å². The van der Waals surface area contributed by atoms with Crippen molar-refractivity contribution < 1.29 is 5.11 Å². The first-order valence-electron chi connectivity index (χ1n) is 5.71. The van der Waals surface area contributed by atoms with E-state index in [0.29, 0.717) is 6.54 Å². The number of benzene rings is 1. The van der Waals surface area contributed by atoms with Gasteiger partial charge in [0, 0.05) is 27.7 Å². The lowest BCUT2D eigenvalue weighted by molar-refractivity contribution is 0.177. The lowest BCUT2D eigenvalue weighted by Crippen LogP contribution is -2.29. The fourth-order valence-electron chi connectivity index (χ4n) is 1.71. The van der Waals surface area contributed by atoms with Crippen LogP contribution in [0.1, 0.15) is 13.3 Å². The molecule has 0 fully saturated rings. The van der Waals surface area contributed by atoms with Crippen LogP contribution in [0.2, 0.25) is 0 Å². The van der Waals surface area contributed by atoms with E-state index in [1.165, 1.54) is 5.69 Å². The van der Waals surface area contributed by atoms with Gasteiger partial charge in [0.2, 0.25) is 0 Å². The normalized spacial score (nSPS) is 12.3. The smallest absolute Gasteiger partial charge is 0.0712 e. The molecule has 1 aromatic carbocycles. The molecule has 0 heterocycles. The average Bonchev–Trinajstić information content (AvgIpc) is 2.28. The summed E-state index contributed by atoms with van der Waals surface area (Å²) in [6.07, 6.45) is 0.522. The monoisotopic (exact) mass is 222 g/mol. The summed E-state index contributed by atoms with van der Waals surface area (Å²) in [6, 6.07) is 8.22. The van der Waals surface area contributed by atoms with Crippen molar-refractivity contribution >= 4 is 11.4 Å². The standard InChI is InChI=1S/C13H22N2O/c1-5-11(16)10-15(4)13-9-7-6-8-12(13)14(2)3/h6-9,11,16H,5,10H2,1-4H3/t11-/m1/s1. The lowest BCUT2D eigenvalue weighted by atomic mass is 10.2. The predicted molar refractivity (Wildman–Crippen MR) is 70.3 cm³/mol. The van der Waals surface area contributed by atoms with Crippen LogP contribution in [0.3, 0.4) is 0 Å². The maximum Gasteiger partial charge on any atom is 0.0712 e. The number of aliphatic hydroxyl groups is 1. The molecule has 1 N–H and O–H groups in total. The van der Waals surface area contributed by atoms with Crippen molar-refractivity contribution in [2.45, 2.75) is 19.4 Å². The molecule has 0 unspecified atom stereocenters. The number of likely N-dealkylation sites (N-methyl/N-ethyl adjacent to an activating group) is 1. The van der Waals surface area contributed by atoms with Gasteiger partial charge in [-0.05, 0) is 18.6 Å². The number of rotatable bonds is 5. The van der Waals surface area contributed by atoms with Crippen molar-refractivity contribution in [1.29, 1.82) is 0 Å². The predicted octanol–water partition coefficient (Wildman–Crippen LogP) is 1.96. The van der Waals surface area contributed by atoms with Crippen LogP contribution in [0.4, 0.5) is 11.4 Å². The van der Waals surface area contributed by atoms with Gasteiger partial charge in [-0.1, -0.05) is 19.1 Å². The van der Waals surface area contributed by atoms with Crippen molar-refractivity contribution in [3.63, 3.8) is 0 Å². The third kappa shape index (κ3) is 3.14. The number of hydrogen-bond donors (Lipinski definition) is 1. The van der Waals surface area contributed by atoms with E-state index in [0.717, 1.165) is 12.1 Å². The van der Waals surface area contributed by atoms with Gasteiger partial charge in [-0.15, -0.1) is 0 Å². The van der Waals surface area contributed by atoms with E-state index in [1.54, 1.807) is 0 Å². The number of para-hydroxylation sites is 2. The molecule has 0 amide bonds. The molecule has 1 rings (SSSR count). The van der Waals surface area contributed by atoms with E-state index in [2.05, 4.69) is 21.9 Å². The highest BCUT2D eigenvalue weighted by Crippen LogP contribution is 2.26. The van der Waals surface area contributed by atoms with E-state index in [1.807, 2.05) is 40.2 Å². The molecule has 3 heteroatoms. The first kappa shape index (κ1) is 12.8. The molecule has 0 radical (unpaired) electrons. The fraction of sp³-hybridized carbons (Fsp3) is 0.538. The van der Waals surface area contributed by atoms with Crippen LogP contribution in [0.25, 0.3) is 0 Å². The van der Waals surface area contributed by atoms with E-state index < -0.39 is 0 Å². The molecule has 3 nitrogen and oxygen atoms in total. The Hall–Kier alpha value is -1.22. The van der Waals surface area contributed by atoms with E-state index in [9.17, 15) is 5.11 Å². The van der Waals surface area contributed by atoms with Gasteiger partial charge in [0.05, 0.1) is 17.5 Å². The van der Waals surface area contributed by atoms with Gasteiger partial charge >= 0.3 is 0 Å². The van der Waals surface area contributed by atoms with Gasteiger partial charge < -0.3 is 14.9 Å². The highest BCUT2D eigenvalue weighted by Gasteiger charge is 2.11. The Labute approximate surface area is 98.3 Å². The second-order valence-corrected chi connectivity index (χ2v) is 4.33. The SMILES string of the molecule is CC[C@@H](O)CN(C)c1ccccc1N(C)C. The molecule has 0 aliphatic heterocycles. The minimum Gasteiger partial charge on any atom is -0.391 e. The molecule has 16 heavy (non-hydrogen) atoms. The number of anilines is 2. The zero-order chi connectivity index (χ0) is 12.1. The molecule has 0 saturated carbocycles. The van der Waals surface area contributed by atoms with Crippen LogP contribution in [0, 0.1) is 0 Å². The molecule has 0 aliphatic carbocycles. The molecular formula is C13H22N2O. The second kappa shape index (κ2) is 5.75. The van der Waals surface area contributed by atoms with Gasteiger partial charge in [-0.25, -0.2) is 0 Å². The Kier molecular flexibility index (Phi) is 4.62. The van der Waals surface area contributed by atoms with Crippen molar-refractivity contribution in [3.8, 4) is 0 Å². The molecule has 90 valence electrons. The third-order valence-corrected chi connectivity index (χ3v) is 2.73. The Bertz CT molecular complexity index is 325. The maximum absolute atomic E-state index is 9.66. The molecular weight excluding hydrogens is 200 g/mol. The molecule has 0 saturated heterocycles. The summed E-state index contributed by atoms with van der Waals surface area (Å²) < 4.78 is 0. The van der Waals surface area contributed by atoms with Crippen molar-refractivity contribution in [2.75, 3.05) is 37.5 Å². The quantitative estimate of drug-likeness (QED) is 0.825. The Morgan fingerprint density at radius 1 is 1.12 bits per heavy atom. The van der Waals surface area contributed by atoms with Crippen LogP contribution in [-0.2, 0) is 0 Å². The summed E-state index contributed by atoms with van der Waals surface area (Å²) in [6.45, 7) is 2.66. The Balaban J connectivity index is 2.85. The molecule has 0 spiro atoms. The summed E-state index contributed by atoms with van der Waals surface area (Å²) in [4.78, 5) is 4.19. The first-order chi connectivity index (χ1) is 7.56. The van der Waals surface area contributed by atoms with Gasteiger partial charge in [0.25, 0.3) is 0 Å². The summed E-state index contributed by atoms with van der Waals surface area (Å²) in [5.74, 6) is 0. The minimum atomic E-state index is -0.264. The van der Waals surface area contributed by atoms with E-state index in [4.69, 9.17) is 0 Å². The zero-order valence-electron chi connectivity index (χ0n) is 10.6. The third-order valence-electron chi connectivity index (χ3n) is 2.73. The molecule has 0 aliphatic rings. The van der Waals surface area contributed by atoms with E-state index in [-0.39, 0.29) is 6.10 Å². The lowest BCUT2D eigenvalue weighted by Gasteiger charge is -2.27. The van der Waals surface area contributed by atoms with Gasteiger partial charge in [-0.2, -0.15) is 0 Å². The van der Waals surface area contributed by atoms with Crippen LogP contribution < -0.4 is 9.80 Å². The topological polar surface area (TPSA) is 26.7 Å². The summed E-state index contributed by atoms with van der Waals surface area (Å²) >= 11 is 0. The Morgan fingerprint density at radius 3 is 2.19 bits per heavy atom. The van der Waals surface area contributed by atoms with Crippen LogP contribution >= 0.6 is 0 Å². The summed E-state index contributed by atoms with van der Waals surface area (Å²) in [7, 11) is 6.08. The van der Waals surface area contributed by atoms with Crippen LogP contribution in [-0.4, -0.2) is 38.9 Å². The number of aliphatic hydroxyl groups excluding tert-OH is 1. The fourth-order valence-corrected chi connectivity index (χ4v) is 1.71. The maximum atomic E-state index is 9.66. The minimum absolute atomic E-state index is 0.264. The number of nitrogens with zero attached hydrogens (tertiary/aromatic N) is 2. The van der Waals surface area contributed by atoms with E-state index >= 15 is 0 Å². The largest absolute Gasteiger partial charge is 0.391 e. The van der Waals surface area contributed by atoms with Crippen molar-refractivity contribution in [1.82, 2.24) is 0 Å². The summed E-state index contributed by atoms with van der Waals surface area (Å²) in [5, 5.41) is 9.66. The average molecular weight is 222 g/mol. The highest BCUT2D eigenvalue weighted by molar-refractivity contribution is 5.70. The van der Waals surface area contributed by atoms with Crippen molar-refractivity contribution in [2.24, 2.45) is 0 Å². The van der Waals surface area contributed by atoms with Gasteiger partial charge in [0.1, 0.15) is 0 Å². The van der Waals surface area contributed by atoms with Crippen molar-refractivity contribution in [3.05, 3.63) is 24.3 Å². The molecule has 1 aromatic rings. The first-order valence-corrected chi connectivity index (χ1v) is 5.71. The van der Waals surface area contributed by atoms with Crippen LogP contribution in [0.5, 0.6) is 0 Å². The molecule has 0 bridgehead atoms. The molecule has 1 atom stereocenters. The number of hydrogen-bond acceptors (Lipinski definition) is 3.